The third-order valence-corrected chi connectivity index (χ3v) is 4.94. The Kier molecular flexibility index (Phi) is 3.85. The van der Waals surface area contributed by atoms with Crippen LogP contribution < -0.4 is 5.32 Å². The van der Waals surface area contributed by atoms with Crippen LogP contribution >= 0.6 is 0 Å². The zero-order chi connectivity index (χ0) is 14.9. The molecule has 20 heavy (non-hydrogen) atoms. The highest BCUT2D eigenvalue weighted by molar-refractivity contribution is 7.91. The number of anilines is 1. The summed E-state index contributed by atoms with van der Waals surface area (Å²) in [5.74, 6) is -0.356. The van der Waals surface area contributed by atoms with Crippen molar-refractivity contribution in [3.8, 4) is 0 Å². The normalized spacial score (nSPS) is 20.6. The first kappa shape index (κ1) is 14.6. The van der Waals surface area contributed by atoms with Gasteiger partial charge in [-0.05, 0) is 12.5 Å². The third-order valence-electron chi connectivity index (χ3n) is 3.19. The predicted molar refractivity (Wildman–Crippen MR) is 72.2 cm³/mol. The summed E-state index contributed by atoms with van der Waals surface area (Å²) in [7, 11) is -1.50. The molecular weight excluding hydrogens is 284 g/mol. The third kappa shape index (κ3) is 3.19. The number of amides is 2. The van der Waals surface area contributed by atoms with Crippen LogP contribution in [0, 0.1) is 0 Å². The number of carbonyl (C=O) groups is 2. The van der Waals surface area contributed by atoms with E-state index in [1.54, 1.807) is 7.05 Å². The summed E-state index contributed by atoms with van der Waals surface area (Å²) in [6.07, 6.45) is 0.434. The first-order chi connectivity index (χ1) is 9.28. The molecule has 1 aromatic heterocycles. The smallest absolute Gasteiger partial charge is 0.289 e. The Morgan fingerprint density at radius 1 is 1.40 bits per heavy atom. The second-order valence-corrected chi connectivity index (χ2v) is 7.05. The largest absolute Gasteiger partial charge is 0.435 e. The number of nitrogens with one attached hydrogen (secondary N) is 1. The maximum Gasteiger partial charge on any atom is 0.289 e. The van der Waals surface area contributed by atoms with E-state index in [1.165, 1.54) is 24.0 Å². The van der Waals surface area contributed by atoms with E-state index >= 15 is 0 Å². The Balaban J connectivity index is 2.07. The molecule has 0 bridgehead atoms. The number of nitrogens with zero attached hydrogens (tertiary/aromatic N) is 1. The molecule has 0 aromatic carbocycles. The first-order valence-electron chi connectivity index (χ1n) is 6.13. The van der Waals surface area contributed by atoms with Gasteiger partial charge in [0, 0.05) is 26.1 Å². The van der Waals surface area contributed by atoms with E-state index in [9.17, 15) is 18.0 Å². The summed E-state index contributed by atoms with van der Waals surface area (Å²) in [4.78, 5) is 24.4. The lowest BCUT2D eigenvalue weighted by molar-refractivity contribution is -0.114. The van der Waals surface area contributed by atoms with Gasteiger partial charge >= 0.3 is 0 Å². The second kappa shape index (κ2) is 5.28. The van der Waals surface area contributed by atoms with Crippen LogP contribution in [0.4, 0.5) is 5.88 Å². The minimum Gasteiger partial charge on any atom is -0.435 e. The van der Waals surface area contributed by atoms with Crippen molar-refractivity contribution < 1.29 is 22.4 Å². The first-order valence-corrected chi connectivity index (χ1v) is 7.95. The topological polar surface area (TPSA) is 96.7 Å². The van der Waals surface area contributed by atoms with Crippen molar-refractivity contribution in [3.05, 3.63) is 17.9 Å². The quantitative estimate of drug-likeness (QED) is 0.876. The molecule has 2 heterocycles. The fraction of sp³-hybridized carbons (Fsp3) is 0.500. The lowest BCUT2D eigenvalue weighted by Crippen LogP contribution is -2.37. The zero-order valence-electron chi connectivity index (χ0n) is 11.3. The monoisotopic (exact) mass is 300 g/mol. The van der Waals surface area contributed by atoms with Gasteiger partial charge < -0.3 is 9.32 Å². The van der Waals surface area contributed by atoms with E-state index in [0.29, 0.717) is 6.42 Å². The van der Waals surface area contributed by atoms with E-state index in [2.05, 4.69) is 5.32 Å². The van der Waals surface area contributed by atoms with E-state index in [1.807, 2.05) is 0 Å². The lowest BCUT2D eigenvalue weighted by atomic mass is 10.2. The Morgan fingerprint density at radius 2 is 2.10 bits per heavy atom. The molecule has 0 saturated carbocycles. The maximum atomic E-state index is 12.2. The Labute approximate surface area is 116 Å². The van der Waals surface area contributed by atoms with Crippen molar-refractivity contribution in [3.63, 3.8) is 0 Å². The van der Waals surface area contributed by atoms with Gasteiger partial charge in [0.2, 0.25) is 5.91 Å². The van der Waals surface area contributed by atoms with E-state index in [0.717, 1.165) is 0 Å². The lowest BCUT2D eigenvalue weighted by Gasteiger charge is -2.22. The number of sulfone groups is 1. The average Bonchev–Trinajstić information content (AvgIpc) is 2.93. The standard InChI is InChI=1S/C12H16N2O5S/c1-8(15)13-11-4-3-10(19-11)12(16)14(2)9-5-6-20(17,18)7-9/h3-4,9H,5-7H2,1-2H3,(H,13,15). The van der Waals surface area contributed by atoms with Gasteiger partial charge in [0.1, 0.15) is 0 Å². The van der Waals surface area contributed by atoms with Crippen molar-refractivity contribution in [2.75, 3.05) is 23.9 Å². The van der Waals surface area contributed by atoms with Crippen molar-refractivity contribution in [1.29, 1.82) is 0 Å². The molecule has 0 spiro atoms. The molecule has 8 heteroatoms. The highest BCUT2D eigenvalue weighted by Gasteiger charge is 2.33. The van der Waals surface area contributed by atoms with Crippen molar-refractivity contribution in [2.45, 2.75) is 19.4 Å². The van der Waals surface area contributed by atoms with Gasteiger partial charge in [-0.2, -0.15) is 0 Å². The van der Waals surface area contributed by atoms with Crippen molar-refractivity contribution in [2.24, 2.45) is 0 Å². The number of hydrogen-bond acceptors (Lipinski definition) is 5. The molecule has 1 N–H and O–H groups in total. The summed E-state index contributed by atoms with van der Waals surface area (Å²) in [6, 6.07) is 2.60. The second-order valence-electron chi connectivity index (χ2n) is 4.82. The minimum absolute atomic E-state index is 0.0193. The van der Waals surface area contributed by atoms with Crippen LogP contribution in [0.5, 0.6) is 0 Å². The van der Waals surface area contributed by atoms with Crippen LogP contribution in [0.25, 0.3) is 0 Å². The summed E-state index contributed by atoms with van der Waals surface area (Å²) in [5, 5.41) is 2.43. The van der Waals surface area contributed by atoms with Crippen LogP contribution in [-0.4, -0.2) is 49.7 Å². The molecular formula is C12H16N2O5S. The molecule has 1 fully saturated rings. The molecule has 1 atom stereocenters. The molecule has 2 rings (SSSR count). The highest BCUT2D eigenvalue weighted by atomic mass is 32.2. The van der Waals surface area contributed by atoms with Gasteiger partial charge in [0.05, 0.1) is 11.5 Å². The van der Waals surface area contributed by atoms with Crippen molar-refractivity contribution in [1.82, 2.24) is 4.90 Å². The SMILES string of the molecule is CC(=O)Nc1ccc(C(=O)N(C)C2CCS(=O)(=O)C2)o1. The van der Waals surface area contributed by atoms with Crippen LogP contribution in [0.1, 0.15) is 23.9 Å². The molecule has 1 aliphatic heterocycles. The summed E-state index contributed by atoms with van der Waals surface area (Å²) >= 11 is 0. The number of hydrogen-bond donors (Lipinski definition) is 1. The highest BCUT2D eigenvalue weighted by Crippen LogP contribution is 2.20. The molecule has 7 nitrogen and oxygen atoms in total. The predicted octanol–water partition coefficient (Wildman–Crippen LogP) is 0.497. The van der Waals surface area contributed by atoms with Gasteiger partial charge in [0.15, 0.2) is 21.5 Å². The fourth-order valence-electron chi connectivity index (χ4n) is 2.11. The fourth-order valence-corrected chi connectivity index (χ4v) is 3.89. The van der Waals surface area contributed by atoms with Crippen LogP contribution in [-0.2, 0) is 14.6 Å². The molecule has 1 aromatic rings. The molecule has 2 amide bonds. The van der Waals surface area contributed by atoms with Gasteiger partial charge in [-0.15, -0.1) is 0 Å². The van der Waals surface area contributed by atoms with Gasteiger partial charge in [-0.3, -0.25) is 14.9 Å². The minimum atomic E-state index is -3.05. The van der Waals surface area contributed by atoms with Crippen LogP contribution in [0.3, 0.4) is 0 Å². The van der Waals surface area contributed by atoms with Gasteiger partial charge in [-0.25, -0.2) is 8.42 Å². The Bertz CT molecular complexity index is 634. The number of carbonyl (C=O) groups excluding carboxylic acids is 2. The molecule has 0 aliphatic carbocycles. The van der Waals surface area contributed by atoms with Gasteiger partial charge in [0.25, 0.3) is 5.91 Å². The Hall–Kier alpha value is -1.83. The Morgan fingerprint density at radius 3 is 2.65 bits per heavy atom. The molecule has 1 unspecified atom stereocenters. The van der Waals surface area contributed by atoms with Crippen molar-refractivity contribution >= 4 is 27.5 Å². The molecule has 1 saturated heterocycles. The van der Waals surface area contributed by atoms with Crippen LogP contribution in [0.2, 0.25) is 0 Å². The van der Waals surface area contributed by atoms with Gasteiger partial charge in [-0.1, -0.05) is 0 Å². The van der Waals surface area contributed by atoms with E-state index < -0.39 is 15.7 Å². The van der Waals surface area contributed by atoms with E-state index in [4.69, 9.17) is 4.42 Å². The average molecular weight is 300 g/mol. The zero-order valence-corrected chi connectivity index (χ0v) is 12.1. The van der Waals surface area contributed by atoms with Crippen LogP contribution in [0.15, 0.2) is 16.5 Å². The van der Waals surface area contributed by atoms with E-state index in [-0.39, 0.29) is 35.1 Å². The molecule has 1 aliphatic rings. The summed E-state index contributed by atoms with van der Waals surface area (Å²) < 4.78 is 28.1. The molecule has 0 radical (unpaired) electrons. The summed E-state index contributed by atoms with van der Waals surface area (Å²) in [6.45, 7) is 1.33. The molecule has 110 valence electrons. The number of rotatable bonds is 3. The maximum absolute atomic E-state index is 12.2. The summed E-state index contributed by atoms with van der Waals surface area (Å²) in [5.41, 5.74) is 0. The number of furan rings is 1.